The molecule has 1 saturated carbocycles. The molecule has 0 unspecified atom stereocenters. The first-order valence-corrected chi connectivity index (χ1v) is 9.93. The van der Waals surface area contributed by atoms with Crippen molar-refractivity contribution in [2.75, 3.05) is 11.9 Å². The Kier molecular flexibility index (Phi) is 4.35. The van der Waals surface area contributed by atoms with E-state index < -0.39 is 0 Å². The Morgan fingerprint density at radius 3 is 2.93 bits per heavy atom. The van der Waals surface area contributed by atoms with Crippen LogP contribution in [0.25, 0.3) is 11.0 Å². The Balaban J connectivity index is 1.29. The van der Waals surface area contributed by atoms with Crippen LogP contribution in [0, 0.1) is 6.92 Å². The molecule has 1 aliphatic carbocycles. The number of fused-ring (bicyclic) bond motifs is 2. The minimum absolute atomic E-state index is 0.0139. The molecule has 2 N–H and O–H groups in total. The van der Waals surface area contributed by atoms with Crippen molar-refractivity contribution in [2.45, 2.75) is 57.7 Å². The van der Waals surface area contributed by atoms with Crippen molar-refractivity contribution in [3.8, 4) is 0 Å². The van der Waals surface area contributed by atoms with Gasteiger partial charge in [0.15, 0.2) is 5.82 Å². The summed E-state index contributed by atoms with van der Waals surface area (Å²) in [5.74, 6) is 0.852. The zero-order valence-corrected chi connectivity index (χ0v) is 15.9. The lowest BCUT2D eigenvalue weighted by molar-refractivity contribution is 0.107. The fraction of sp³-hybridized carbons (Fsp3) is 0.500. The Hall–Kier alpha value is -2.74. The van der Waals surface area contributed by atoms with E-state index in [2.05, 4.69) is 25.4 Å². The summed E-state index contributed by atoms with van der Waals surface area (Å²) < 4.78 is 7.14. The second kappa shape index (κ2) is 7.01. The van der Waals surface area contributed by atoms with Crippen molar-refractivity contribution in [1.82, 2.24) is 24.7 Å². The number of anilines is 1. The molecule has 146 valence electrons. The number of nitrogens with zero attached hydrogens (tertiary/aromatic N) is 4. The van der Waals surface area contributed by atoms with Gasteiger partial charge < -0.3 is 15.0 Å². The first kappa shape index (κ1) is 17.4. The third-order valence-corrected chi connectivity index (χ3v) is 5.80. The Morgan fingerprint density at radius 1 is 1.21 bits per heavy atom. The SMILES string of the molecule is Cc1cc2ncnc(NC3CCC(n4nc5c(cc4=O)COCC5)CC3)c2[nH]1. The summed E-state index contributed by atoms with van der Waals surface area (Å²) in [4.78, 5) is 24.6. The monoisotopic (exact) mass is 380 g/mol. The van der Waals surface area contributed by atoms with E-state index in [4.69, 9.17) is 4.74 Å². The predicted octanol–water partition coefficient (Wildman–Crippen LogP) is 2.49. The summed E-state index contributed by atoms with van der Waals surface area (Å²) in [7, 11) is 0. The number of aromatic nitrogens is 5. The number of hydrogen-bond donors (Lipinski definition) is 2. The molecule has 28 heavy (non-hydrogen) atoms. The summed E-state index contributed by atoms with van der Waals surface area (Å²) in [6.45, 7) is 3.20. The number of H-pyrrole nitrogens is 1. The van der Waals surface area contributed by atoms with Crippen LogP contribution in [0.1, 0.15) is 48.7 Å². The topological polar surface area (TPSA) is 97.7 Å². The average Bonchev–Trinajstić information content (AvgIpc) is 3.09. The van der Waals surface area contributed by atoms with Gasteiger partial charge >= 0.3 is 0 Å². The quantitative estimate of drug-likeness (QED) is 0.724. The zero-order valence-electron chi connectivity index (χ0n) is 15.9. The molecule has 0 atom stereocenters. The standard InChI is InChI=1S/C20H24N6O2/c1-12-8-17-19(23-12)20(22-11-21-17)24-14-2-4-15(5-3-14)26-18(27)9-13-10-28-7-6-16(13)25-26/h8-9,11,14-15,23H,2-7,10H2,1H3,(H,21,22,24). The van der Waals surface area contributed by atoms with E-state index in [1.165, 1.54) is 0 Å². The summed E-state index contributed by atoms with van der Waals surface area (Å²) in [5, 5.41) is 8.23. The van der Waals surface area contributed by atoms with E-state index >= 15 is 0 Å². The molecule has 2 aliphatic rings. The van der Waals surface area contributed by atoms with Crippen molar-refractivity contribution in [3.63, 3.8) is 0 Å². The lowest BCUT2D eigenvalue weighted by Gasteiger charge is -2.30. The van der Waals surface area contributed by atoms with Crippen LogP contribution >= 0.6 is 0 Å². The van der Waals surface area contributed by atoms with Gasteiger partial charge in [0.1, 0.15) is 11.8 Å². The molecule has 4 heterocycles. The van der Waals surface area contributed by atoms with E-state index in [9.17, 15) is 4.79 Å². The largest absolute Gasteiger partial charge is 0.376 e. The minimum Gasteiger partial charge on any atom is -0.376 e. The maximum Gasteiger partial charge on any atom is 0.267 e. The van der Waals surface area contributed by atoms with Crippen molar-refractivity contribution in [3.05, 3.63) is 45.8 Å². The molecule has 0 radical (unpaired) electrons. The molecule has 3 aromatic heterocycles. The fourth-order valence-corrected chi connectivity index (χ4v) is 4.33. The second-order valence-electron chi connectivity index (χ2n) is 7.79. The molecular formula is C20H24N6O2. The van der Waals surface area contributed by atoms with Crippen LogP contribution in [0.3, 0.4) is 0 Å². The number of rotatable bonds is 3. The van der Waals surface area contributed by atoms with Crippen LogP contribution in [-0.2, 0) is 17.8 Å². The van der Waals surface area contributed by atoms with E-state index in [1.54, 1.807) is 17.1 Å². The second-order valence-corrected chi connectivity index (χ2v) is 7.79. The number of nitrogens with one attached hydrogen (secondary N) is 2. The summed E-state index contributed by atoms with van der Waals surface area (Å²) in [6, 6.07) is 4.23. The van der Waals surface area contributed by atoms with Gasteiger partial charge in [-0.25, -0.2) is 14.6 Å². The molecule has 0 saturated heterocycles. The highest BCUT2D eigenvalue weighted by Gasteiger charge is 2.26. The zero-order chi connectivity index (χ0) is 19.1. The highest BCUT2D eigenvalue weighted by molar-refractivity contribution is 5.86. The Bertz CT molecular complexity index is 1060. The van der Waals surface area contributed by atoms with Gasteiger partial charge in [0.2, 0.25) is 0 Å². The first-order valence-electron chi connectivity index (χ1n) is 9.93. The highest BCUT2D eigenvalue weighted by atomic mass is 16.5. The third kappa shape index (κ3) is 3.17. The van der Waals surface area contributed by atoms with Gasteiger partial charge in [-0.1, -0.05) is 0 Å². The van der Waals surface area contributed by atoms with Crippen LogP contribution in [0.5, 0.6) is 0 Å². The lowest BCUT2D eigenvalue weighted by Crippen LogP contribution is -2.35. The summed E-state index contributed by atoms with van der Waals surface area (Å²) >= 11 is 0. The first-order chi connectivity index (χ1) is 13.7. The van der Waals surface area contributed by atoms with Gasteiger partial charge in [-0.05, 0) is 38.7 Å². The van der Waals surface area contributed by atoms with Crippen LogP contribution in [-0.4, -0.2) is 37.4 Å². The molecule has 3 aromatic rings. The smallest absolute Gasteiger partial charge is 0.267 e. The fourth-order valence-electron chi connectivity index (χ4n) is 4.33. The van der Waals surface area contributed by atoms with Crippen LogP contribution in [0.2, 0.25) is 0 Å². The van der Waals surface area contributed by atoms with Gasteiger partial charge in [0, 0.05) is 29.8 Å². The molecule has 0 spiro atoms. The molecule has 8 nitrogen and oxygen atoms in total. The van der Waals surface area contributed by atoms with Crippen LogP contribution in [0.15, 0.2) is 23.3 Å². The molecule has 0 amide bonds. The maximum absolute atomic E-state index is 12.5. The third-order valence-electron chi connectivity index (χ3n) is 5.80. The molecule has 1 aliphatic heterocycles. The predicted molar refractivity (Wildman–Crippen MR) is 105 cm³/mol. The molecule has 0 bridgehead atoms. The normalized spacial score (nSPS) is 22.2. The van der Waals surface area contributed by atoms with Gasteiger partial charge in [0.25, 0.3) is 5.56 Å². The summed E-state index contributed by atoms with van der Waals surface area (Å²) in [5.41, 5.74) is 4.90. The molecule has 0 aromatic carbocycles. The Morgan fingerprint density at radius 2 is 2.07 bits per heavy atom. The van der Waals surface area contributed by atoms with Gasteiger partial charge in [-0.2, -0.15) is 5.10 Å². The number of aryl methyl sites for hydroxylation is 1. The van der Waals surface area contributed by atoms with Crippen molar-refractivity contribution >= 4 is 16.9 Å². The Labute approximate surface area is 162 Å². The van der Waals surface area contributed by atoms with E-state index in [0.717, 1.165) is 65.9 Å². The number of aromatic amines is 1. The van der Waals surface area contributed by atoms with E-state index in [-0.39, 0.29) is 11.6 Å². The summed E-state index contributed by atoms with van der Waals surface area (Å²) in [6.07, 6.45) is 6.19. The molecule has 1 fully saturated rings. The van der Waals surface area contributed by atoms with E-state index in [1.807, 2.05) is 13.0 Å². The van der Waals surface area contributed by atoms with Crippen LogP contribution < -0.4 is 10.9 Å². The molecule has 5 rings (SSSR count). The van der Waals surface area contributed by atoms with Gasteiger partial charge in [0.05, 0.1) is 30.5 Å². The van der Waals surface area contributed by atoms with Crippen molar-refractivity contribution in [2.24, 2.45) is 0 Å². The van der Waals surface area contributed by atoms with E-state index in [0.29, 0.717) is 19.3 Å². The molecular weight excluding hydrogens is 356 g/mol. The van der Waals surface area contributed by atoms with Gasteiger partial charge in [-0.3, -0.25) is 4.79 Å². The average molecular weight is 380 g/mol. The van der Waals surface area contributed by atoms with Gasteiger partial charge in [-0.15, -0.1) is 0 Å². The number of hydrogen-bond acceptors (Lipinski definition) is 6. The number of ether oxygens (including phenoxy) is 1. The van der Waals surface area contributed by atoms with Crippen molar-refractivity contribution < 1.29 is 4.74 Å². The molecule has 8 heteroatoms. The minimum atomic E-state index is -0.0139. The maximum atomic E-state index is 12.5. The van der Waals surface area contributed by atoms with Crippen molar-refractivity contribution in [1.29, 1.82) is 0 Å². The highest BCUT2D eigenvalue weighted by Crippen LogP contribution is 2.30. The lowest BCUT2D eigenvalue weighted by atomic mass is 9.91. The van der Waals surface area contributed by atoms with Crippen LogP contribution in [0.4, 0.5) is 5.82 Å².